The highest BCUT2D eigenvalue weighted by Crippen LogP contribution is 2.59. The van der Waals surface area contributed by atoms with Gasteiger partial charge in [-0.15, -0.1) is 0 Å². The van der Waals surface area contributed by atoms with Crippen molar-refractivity contribution in [3.63, 3.8) is 0 Å². The number of benzene rings is 11. The Balaban J connectivity index is 1.18. The van der Waals surface area contributed by atoms with Crippen molar-refractivity contribution in [2.24, 2.45) is 21.7 Å². The lowest BCUT2D eigenvalue weighted by Gasteiger charge is -2.34. The van der Waals surface area contributed by atoms with Gasteiger partial charge < -0.3 is 18.9 Å². The highest BCUT2D eigenvalue weighted by atomic mass is 16.5. The molecule has 558 valence electrons. The molecule has 2 amide bonds. The normalized spacial score (nSPS) is 13.9. The van der Waals surface area contributed by atoms with Gasteiger partial charge in [0.2, 0.25) is 0 Å². The molecule has 0 radical (unpaired) electrons. The number of imidazole rings is 1. The van der Waals surface area contributed by atoms with E-state index < -0.39 is 11.8 Å². The van der Waals surface area contributed by atoms with Gasteiger partial charge >= 0.3 is 0 Å². The summed E-state index contributed by atoms with van der Waals surface area (Å²) in [4.78, 5) is 56.8. The lowest BCUT2D eigenvalue weighted by atomic mass is 9.72. The van der Waals surface area contributed by atoms with Gasteiger partial charge in [-0.25, -0.2) is 9.88 Å². The second kappa shape index (κ2) is 26.2. The topological polar surface area (TPSA) is 109 Å². The molecule has 0 saturated heterocycles. The van der Waals surface area contributed by atoms with E-state index in [2.05, 4.69) is 215 Å². The van der Waals surface area contributed by atoms with Gasteiger partial charge in [0.1, 0.15) is 51.6 Å². The molecule has 10 nitrogen and oxygen atoms in total. The van der Waals surface area contributed by atoms with Crippen LogP contribution in [0.2, 0.25) is 0 Å². The number of carbonyl (C=O) groups excluding carboxylic acids is 2. The van der Waals surface area contributed by atoms with Crippen LogP contribution in [0, 0.1) is 21.7 Å². The second-order valence-corrected chi connectivity index (χ2v) is 39.3. The van der Waals surface area contributed by atoms with Crippen LogP contribution in [0.25, 0.3) is 70.5 Å². The molecule has 3 heterocycles. The van der Waals surface area contributed by atoms with Crippen molar-refractivity contribution in [2.45, 2.75) is 225 Å². The predicted octanol–water partition coefficient (Wildman–Crippen LogP) is 27.6. The third-order valence-electron chi connectivity index (χ3n) is 22.2. The SMILES string of the molecule is CC(C)c1cccc(C(C)C)c1N1C(=O)c2cc(Oc3ccc(C(C)(C)CC(C)(C)C)cc3)c3c4c(Oc5ccc(C(C)(C)CC(C)(C)C)cc5)cc5c(=O)n6c7ccccc7nc6c6cc(Oc7ccc(C(C)(C)CC(C)(C)C)cc7)c(c7c(Oc8ccc(C(C)(C)CC(C)(C)C)cc8)cc(c2c37)C1=O)c4c56. The molecule has 0 atom stereocenters. The van der Waals surface area contributed by atoms with Gasteiger partial charge in [-0.3, -0.25) is 18.8 Å². The van der Waals surface area contributed by atoms with Crippen molar-refractivity contribution in [1.82, 2.24) is 9.38 Å². The molecule has 1 aliphatic heterocycles. The minimum Gasteiger partial charge on any atom is -0.457 e. The fraction of sp³-hybridized carbons (Fsp3) is 0.388. The van der Waals surface area contributed by atoms with Crippen LogP contribution in [-0.2, 0) is 21.7 Å². The number of rotatable bonds is 19. The van der Waals surface area contributed by atoms with Crippen LogP contribution in [0.4, 0.5) is 5.69 Å². The van der Waals surface area contributed by atoms with Gasteiger partial charge in [0, 0.05) is 48.5 Å². The Bertz CT molecular complexity index is 5590. The Morgan fingerprint density at radius 2 is 0.657 bits per heavy atom. The second-order valence-electron chi connectivity index (χ2n) is 39.3. The van der Waals surface area contributed by atoms with Gasteiger partial charge in [0.05, 0.1) is 33.2 Å². The number of para-hydroxylation sites is 3. The molecular formula is C98H109N3O7. The first-order valence-electron chi connectivity index (χ1n) is 38.9. The van der Waals surface area contributed by atoms with Crippen LogP contribution in [0.1, 0.15) is 258 Å². The summed E-state index contributed by atoms with van der Waals surface area (Å²) in [6, 6.07) is 54.8. The zero-order valence-electron chi connectivity index (χ0n) is 68.3. The summed E-state index contributed by atoms with van der Waals surface area (Å²) in [5.74, 6) is 2.38. The van der Waals surface area contributed by atoms with E-state index in [4.69, 9.17) is 23.9 Å². The summed E-state index contributed by atoms with van der Waals surface area (Å²) >= 11 is 0. The van der Waals surface area contributed by atoms with Gasteiger partial charge in [0.15, 0.2) is 0 Å². The Morgan fingerprint density at radius 1 is 0.343 bits per heavy atom. The van der Waals surface area contributed by atoms with Gasteiger partial charge in [-0.1, -0.05) is 245 Å². The van der Waals surface area contributed by atoms with Gasteiger partial charge in [0.25, 0.3) is 17.4 Å². The van der Waals surface area contributed by atoms with E-state index in [9.17, 15) is 0 Å². The number of fused-ring (bicyclic) bond motifs is 6. The molecule has 1 aliphatic rings. The molecular weight excluding hydrogens is 1330 g/mol. The maximum Gasteiger partial charge on any atom is 0.266 e. The standard InChI is InChI=1S/C98H109N3O7/c1-56(2)66-28-27-29-67(57(3)4)86(66)101-89(103)70-50-76(107-64-44-36-60(37-45-64)97(21,22)54-93(11,12)13)82-80-74(105-62-40-32-58(33-41-62)95(17,18)52-91(5,6)7)48-68-78-69(88(102)100-73-31-26-25-30-72(73)99-87(68)100)49-75(106-63-42-34-59(35-43-63)96(19,20)53-92(8,9)10)81(84(78)80)83-77(51-71(90(101)104)79(70)85(82)83)108-65-46-38-61(39-47-65)98(23,24)55-94(14,15)16/h25-51,56-57H,52-55H2,1-24H3. The number of carbonyl (C=O) groups is 2. The summed E-state index contributed by atoms with van der Waals surface area (Å²) in [5, 5.41) is 5.37. The maximum absolute atomic E-state index is 16.8. The highest BCUT2D eigenvalue weighted by molar-refractivity contribution is 6.47. The van der Waals surface area contributed by atoms with E-state index in [1.165, 1.54) is 10.5 Å². The minimum absolute atomic E-state index is 0.0465. The van der Waals surface area contributed by atoms with Crippen LogP contribution >= 0.6 is 0 Å². The van der Waals surface area contributed by atoms with Crippen molar-refractivity contribution >= 4 is 88.0 Å². The van der Waals surface area contributed by atoms with Crippen molar-refractivity contribution in [3.8, 4) is 46.0 Å². The predicted molar refractivity (Wildman–Crippen MR) is 449 cm³/mol. The monoisotopic (exact) mass is 1440 g/mol. The number of hydrogen-bond donors (Lipinski definition) is 0. The number of aromatic nitrogens is 2. The summed E-state index contributed by atoms with van der Waals surface area (Å²) in [7, 11) is 0. The Kier molecular flexibility index (Phi) is 18.2. The number of anilines is 1. The smallest absolute Gasteiger partial charge is 0.266 e. The third kappa shape index (κ3) is 13.8. The minimum atomic E-state index is -0.497. The Morgan fingerprint density at radius 3 is 0.991 bits per heavy atom. The van der Waals surface area contributed by atoms with Crippen LogP contribution in [0.3, 0.4) is 0 Å². The van der Waals surface area contributed by atoms with Crippen molar-refractivity contribution in [3.05, 3.63) is 219 Å². The molecule has 0 saturated carbocycles. The number of nitrogens with zero attached hydrogens (tertiary/aromatic N) is 3. The molecule has 0 spiro atoms. The van der Waals surface area contributed by atoms with E-state index in [1.54, 1.807) is 4.40 Å². The van der Waals surface area contributed by atoms with Crippen molar-refractivity contribution < 1.29 is 28.5 Å². The maximum atomic E-state index is 16.8. The molecule has 108 heavy (non-hydrogen) atoms. The summed E-state index contributed by atoms with van der Waals surface area (Å²) in [5.41, 5.74) is 8.35. The van der Waals surface area contributed by atoms with Crippen molar-refractivity contribution in [2.75, 3.05) is 4.90 Å². The molecule has 10 heteroatoms. The zero-order chi connectivity index (χ0) is 77.8. The highest BCUT2D eigenvalue weighted by Gasteiger charge is 2.42. The van der Waals surface area contributed by atoms with Crippen LogP contribution in [-0.4, -0.2) is 21.2 Å². The first-order chi connectivity index (χ1) is 50.4. The summed E-state index contributed by atoms with van der Waals surface area (Å²) in [6.07, 6.45) is 3.75. The molecule has 0 N–H and O–H groups in total. The van der Waals surface area contributed by atoms with Crippen LogP contribution in [0.15, 0.2) is 169 Å². The number of amides is 2. The molecule has 14 rings (SSSR count). The largest absolute Gasteiger partial charge is 0.457 e. The quantitative estimate of drug-likeness (QED) is 0.0447. The molecule has 0 unspecified atom stereocenters. The first-order valence-corrected chi connectivity index (χ1v) is 38.9. The van der Waals surface area contributed by atoms with Crippen molar-refractivity contribution in [1.29, 1.82) is 0 Å². The fourth-order valence-corrected chi connectivity index (χ4v) is 19.1. The Hall–Kier alpha value is -9.80. The lowest BCUT2D eigenvalue weighted by molar-refractivity contribution is 0.0892. The average Bonchev–Trinajstić information content (AvgIpc) is 0.890. The molecule has 0 aliphatic carbocycles. The number of hydrogen-bond acceptors (Lipinski definition) is 8. The first kappa shape index (κ1) is 75.0. The number of imide groups is 1. The summed E-state index contributed by atoms with van der Waals surface area (Å²) < 4.78 is 32.3. The molecule has 13 aromatic rings. The van der Waals surface area contributed by atoms with Crippen LogP contribution < -0.4 is 29.4 Å². The summed E-state index contributed by atoms with van der Waals surface area (Å²) in [6.45, 7) is 54.0. The lowest BCUT2D eigenvalue weighted by Crippen LogP contribution is -2.42. The molecule has 11 aromatic carbocycles. The van der Waals surface area contributed by atoms with E-state index in [-0.39, 0.29) is 71.8 Å². The van der Waals surface area contributed by atoms with E-state index >= 15 is 14.4 Å². The van der Waals surface area contributed by atoms with Gasteiger partial charge in [-0.05, 0) is 199 Å². The van der Waals surface area contributed by atoms with E-state index in [0.29, 0.717) is 122 Å². The third-order valence-corrected chi connectivity index (χ3v) is 22.2. The van der Waals surface area contributed by atoms with E-state index in [1.807, 2.05) is 115 Å². The molecule has 2 aromatic heterocycles. The molecule has 0 bridgehead atoms. The average molecular weight is 1440 g/mol. The number of pyridine rings is 1. The van der Waals surface area contributed by atoms with Crippen LogP contribution in [0.5, 0.6) is 46.0 Å². The number of ether oxygens (including phenoxy) is 4. The fourth-order valence-electron chi connectivity index (χ4n) is 19.1. The van der Waals surface area contributed by atoms with E-state index in [0.717, 1.165) is 53.5 Å². The van der Waals surface area contributed by atoms with Gasteiger partial charge in [-0.2, -0.15) is 0 Å². The zero-order valence-corrected chi connectivity index (χ0v) is 68.3. The Labute approximate surface area is 638 Å². The molecule has 0 fully saturated rings.